The van der Waals surface area contributed by atoms with Gasteiger partial charge in [-0.2, -0.15) is 5.10 Å². The quantitative estimate of drug-likeness (QED) is 0.727. The maximum atomic E-state index is 13.0. The zero-order valence-corrected chi connectivity index (χ0v) is 17.5. The predicted molar refractivity (Wildman–Crippen MR) is 113 cm³/mol. The fourth-order valence-electron chi connectivity index (χ4n) is 3.69. The third-order valence-electron chi connectivity index (χ3n) is 5.11. The number of amides is 2. The van der Waals surface area contributed by atoms with Crippen LogP contribution in [0.4, 0.5) is 0 Å². The van der Waals surface area contributed by atoms with Crippen LogP contribution in [0.15, 0.2) is 40.1 Å². The highest BCUT2D eigenvalue weighted by atomic mass is 32.1. The molecule has 0 saturated carbocycles. The van der Waals surface area contributed by atoms with Crippen molar-refractivity contribution in [2.24, 2.45) is 5.10 Å². The van der Waals surface area contributed by atoms with Crippen molar-refractivity contribution in [3.8, 4) is 0 Å². The Bertz CT molecular complexity index is 842. The number of nitrogens with zero attached hydrogens (tertiary/aromatic N) is 4. The van der Waals surface area contributed by atoms with Crippen LogP contribution in [-0.4, -0.2) is 65.6 Å². The molecule has 2 amide bonds. The summed E-state index contributed by atoms with van der Waals surface area (Å²) in [5, 5.41) is 10.4. The van der Waals surface area contributed by atoms with Gasteiger partial charge in [0.05, 0.1) is 29.7 Å². The van der Waals surface area contributed by atoms with Gasteiger partial charge in [-0.1, -0.05) is 12.1 Å². The minimum Gasteiger partial charge on any atom is -0.342 e. The molecule has 0 bridgehead atoms. The minimum absolute atomic E-state index is 0.0627. The Morgan fingerprint density at radius 1 is 1.11 bits per heavy atom. The van der Waals surface area contributed by atoms with Crippen molar-refractivity contribution in [1.29, 1.82) is 0 Å². The van der Waals surface area contributed by atoms with E-state index in [1.54, 1.807) is 32.6 Å². The molecule has 1 unspecified atom stereocenters. The number of hydrogen-bond donors (Lipinski definition) is 0. The van der Waals surface area contributed by atoms with E-state index in [-0.39, 0.29) is 30.9 Å². The lowest BCUT2D eigenvalue weighted by Gasteiger charge is -2.25. The SMILES string of the molecule is CN(CC(=O)N1CCCC1)CC(=O)N1N=C(c2cccs2)CC1c1cccs1. The van der Waals surface area contributed by atoms with Gasteiger partial charge in [0.2, 0.25) is 5.91 Å². The number of rotatable bonds is 6. The van der Waals surface area contributed by atoms with Crippen molar-refractivity contribution < 1.29 is 9.59 Å². The summed E-state index contributed by atoms with van der Waals surface area (Å²) >= 11 is 3.29. The summed E-state index contributed by atoms with van der Waals surface area (Å²) in [5.74, 6) is 0.0356. The molecule has 0 spiro atoms. The van der Waals surface area contributed by atoms with Crippen LogP contribution in [0.2, 0.25) is 0 Å². The van der Waals surface area contributed by atoms with Crippen molar-refractivity contribution >= 4 is 40.2 Å². The van der Waals surface area contributed by atoms with Crippen LogP contribution in [0.1, 0.15) is 35.1 Å². The molecule has 6 nitrogen and oxygen atoms in total. The maximum Gasteiger partial charge on any atom is 0.257 e. The molecule has 4 heterocycles. The maximum absolute atomic E-state index is 13.0. The molecule has 2 aliphatic rings. The van der Waals surface area contributed by atoms with E-state index in [0.717, 1.165) is 47.8 Å². The zero-order chi connectivity index (χ0) is 19.5. The van der Waals surface area contributed by atoms with Gasteiger partial charge in [0.25, 0.3) is 5.91 Å². The summed E-state index contributed by atoms with van der Waals surface area (Å²) in [7, 11) is 1.83. The van der Waals surface area contributed by atoms with Crippen molar-refractivity contribution in [3.63, 3.8) is 0 Å². The van der Waals surface area contributed by atoms with Crippen LogP contribution in [0.5, 0.6) is 0 Å². The summed E-state index contributed by atoms with van der Waals surface area (Å²) < 4.78 is 0. The number of carbonyl (C=O) groups is 2. The highest BCUT2D eigenvalue weighted by Gasteiger charge is 2.34. The Morgan fingerprint density at radius 3 is 2.50 bits per heavy atom. The van der Waals surface area contributed by atoms with Crippen molar-refractivity contribution in [3.05, 3.63) is 44.8 Å². The van der Waals surface area contributed by atoms with Gasteiger partial charge in [0.1, 0.15) is 0 Å². The van der Waals surface area contributed by atoms with Crippen molar-refractivity contribution in [2.45, 2.75) is 25.3 Å². The van der Waals surface area contributed by atoms with E-state index < -0.39 is 0 Å². The highest BCUT2D eigenvalue weighted by Crippen LogP contribution is 2.35. The van der Waals surface area contributed by atoms with E-state index in [1.807, 2.05) is 40.9 Å². The number of likely N-dealkylation sites (tertiary alicyclic amines) is 1. The monoisotopic (exact) mass is 416 g/mol. The first kappa shape index (κ1) is 19.3. The van der Waals surface area contributed by atoms with E-state index in [0.29, 0.717) is 0 Å². The number of hydrogen-bond acceptors (Lipinski definition) is 6. The lowest BCUT2D eigenvalue weighted by atomic mass is 10.1. The summed E-state index contributed by atoms with van der Waals surface area (Å²) in [4.78, 5) is 31.3. The highest BCUT2D eigenvalue weighted by molar-refractivity contribution is 7.12. The second-order valence-electron chi connectivity index (χ2n) is 7.26. The normalized spacial score (nSPS) is 19.5. The van der Waals surface area contributed by atoms with Gasteiger partial charge in [-0.3, -0.25) is 14.5 Å². The molecule has 4 rings (SSSR count). The van der Waals surface area contributed by atoms with E-state index in [1.165, 1.54) is 0 Å². The summed E-state index contributed by atoms with van der Waals surface area (Å²) in [6, 6.07) is 8.05. The second-order valence-corrected chi connectivity index (χ2v) is 9.18. The van der Waals surface area contributed by atoms with Crippen LogP contribution in [0.25, 0.3) is 0 Å². The summed E-state index contributed by atoms with van der Waals surface area (Å²) in [5.41, 5.74) is 0.956. The minimum atomic E-state index is -0.0679. The molecule has 1 saturated heterocycles. The topological polar surface area (TPSA) is 56.2 Å². The zero-order valence-electron chi connectivity index (χ0n) is 15.9. The molecule has 0 aliphatic carbocycles. The first-order chi connectivity index (χ1) is 13.6. The number of hydrazone groups is 1. The fourth-order valence-corrected chi connectivity index (χ4v) is 5.22. The molecule has 148 valence electrons. The van der Waals surface area contributed by atoms with Crippen LogP contribution >= 0.6 is 22.7 Å². The number of carbonyl (C=O) groups excluding carboxylic acids is 2. The molecule has 0 N–H and O–H groups in total. The Hall–Kier alpha value is -2.03. The Morgan fingerprint density at radius 2 is 1.82 bits per heavy atom. The molecular formula is C20H24N4O2S2. The lowest BCUT2D eigenvalue weighted by Crippen LogP contribution is -2.42. The van der Waals surface area contributed by atoms with Gasteiger partial charge in [-0.25, -0.2) is 5.01 Å². The molecule has 0 radical (unpaired) electrons. The molecule has 1 fully saturated rings. The predicted octanol–water partition coefficient (Wildman–Crippen LogP) is 3.04. The molecule has 2 aromatic heterocycles. The van der Waals surface area contributed by atoms with E-state index in [2.05, 4.69) is 11.2 Å². The fraction of sp³-hybridized carbons (Fsp3) is 0.450. The van der Waals surface area contributed by atoms with Crippen molar-refractivity contribution in [2.75, 3.05) is 33.2 Å². The second kappa shape index (κ2) is 8.55. The van der Waals surface area contributed by atoms with Gasteiger partial charge >= 0.3 is 0 Å². The number of thiophene rings is 2. The molecule has 8 heteroatoms. The molecule has 2 aromatic rings. The standard InChI is InChI=1S/C20H24N4O2S2/c1-22(13-19(25)23-8-2-3-9-23)14-20(26)24-16(18-7-5-11-28-18)12-15(21-24)17-6-4-10-27-17/h4-7,10-11,16H,2-3,8-9,12-14H2,1H3. The molecule has 0 aromatic carbocycles. The average molecular weight is 417 g/mol. The first-order valence-electron chi connectivity index (χ1n) is 9.55. The van der Waals surface area contributed by atoms with E-state index in [9.17, 15) is 9.59 Å². The largest absolute Gasteiger partial charge is 0.342 e. The third kappa shape index (κ3) is 4.19. The van der Waals surface area contributed by atoms with Crippen LogP contribution in [-0.2, 0) is 9.59 Å². The van der Waals surface area contributed by atoms with E-state index >= 15 is 0 Å². The van der Waals surface area contributed by atoms with Crippen LogP contribution < -0.4 is 0 Å². The average Bonchev–Trinajstić information content (AvgIpc) is 3.49. The number of likely N-dealkylation sites (N-methyl/N-ethyl adjacent to an activating group) is 1. The van der Waals surface area contributed by atoms with E-state index in [4.69, 9.17) is 0 Å². The van der Waals surface area contributed by atoms with Crippen LogP contribution in [0.3, 0.4) is 0 Å². The Labute approximate surface area is 173 Å². The van der Waals surface area contributed by atoms with Crippen molar-refractivity contribution in [1.82, 2.24) is 14.8 Å². The Balaban J connectivity index is 1.44. The summed E-state index contributed by atoms with van der Waals surface area (Å²) in [6.45, 7) is 2.12. The van der Waals surface area contributed by atoms with Gasteiger partial charge in [-0.15, -0.1) is 22.7 Å². The first-order valence-corrected chi connectivity index (χ1v) is 11.3. The van der Waals surface area contributed by atoms with Gasteiger partial charge in [0.15, 0.2) is 0 Å². The smallest absolute Gasteiger partial charge is 0.257 e. The lowest BCUT2D eigenvalue weighted by molar-refractivity contribution is -0.135. The molecule has 2 aliphatic heterocycles. The van der Waals surface area contributed by atoms with Gasteiger partial charge in [-0.05, 0) is 42.8 Å². The molecule has 1 atom stereocenters. The Kier molecular flexibility index (Phi) is 5.89. The van der Waals surface area contributed by atoms with Crippen LogP contribution in [0, 0.1) is 0 Å². The summed E-state index contributed by atoms with van der Waals surface area (Å²) in [6.07, 6.45) is 2.87. The van der Waals surface area contributed by atoms with Gasteiger partial charge in [0, 0.05) is 24.4 Å². The molecule has 28 heavy (non-hydrogen) atoms. The van der Waals surface area contributed by atoms with Gasteiger partial charge < -0.3 is 4.90 Å². The molecular weight excluding hydrogens is 392 g/mol. The third-order valence-corrected chi connectivity index (χ3v) is 7.00.